The summed E-state index contributed by atoms with van der Waals surface area (Å²) in [5, 5.41) is 3.06. The van der Waals surface area contributed by atoms with Crippen molar-refractivity contribution in [1.82, 2.24) is 14.9 Å². The molecule has 0 spiro atoms. The van der Waals surface area contributed by atoms with Crippen molar-refractivity contribution in [2.45, 2.75) is 38.6 Å². The summed E-state index contributed by atoms with van der Waals surface area (Å²) in [6, 6.07) is 7.99. The molecule has 1 fully saturated rings. The average molecular weight is 322 g/mol. The highest BCUT2D eigenvalue weighted by Gasteiger charge is 2.26. The lowest BCUT2D eigenvalue weighted by molar-refractivity contribution is 0.102. The first-order valence-corrected chi connectivity index (χ1v) is 8.71. The second-order valence-electron chi connectivity index (χ2n) is 6.62. The highest BCUT2D eigenvalue weighted by Crippen LogP contribution is 2.38. The topological polar surface area (TPSA) is 58.1 Å². The normalized spacial score (nSPS) is 17.4. The predicted molar refractivity (Wildman–Crippen MR) is 93.1 cm³/mol. The van der Waals surface area contributed by atoms with Crippen molar-refractivity contribution in [1.29, 1.82) is 0 Å². The van der Waals surface area contributed by atoms with Gasteiger partial charge in [-0.05, 0) is 49.1 Å². The summed E-state index contributed by atoms with van der Waals surface area (Å²) < 4.78 is 0. The summed E-state index contributed by atoms with van der Waals surface area (Å²) >= 11 is 0. The molecule has 0 unspecified atom stereocenters. The Labute approximate surface area is 142 Å². The lowest BCUT2D eigenvalue weighted by atomic mass is 9.97. The highest BCUT2D eigenvalue weighted by molar-refractivity contribution is 6.03. The zero-order chi connectivity index (χ0) is 16.5. The van der Waals surface area contributed by atoms with Crippen LogP contribution in [0.15, 0.2) is 30.6 Å². The first-order chi connectivity index (χ1) is 11.7. The van der Waals surface area contributed by atoms with Crippen LogP contribution in [0, 0.1) is 0 Å². The Morgan fingerprint density at radius 1 is 1.33 bits per heavy atom. The van der Waals surface area contributed by atoms with Crippen molar-refractivity contribution in [3.8, 4) is 0 Å². The fourth-order valence-corrected chi connectivity index (χ4v) is 3.34. The van der Waals surface area contributed by atoms with Crippen molar-refractivity contribution < 1.29 is 4.79 Å². The zero-order valence-electron chi connectivity index (χ0n) is 14.0. The molecule has 5 nitrogen and oxygen atoms in total. The molecule has 1 aliphatic heterocycles. The SMILES string of the molecule is CCN1CCc2c(cccc2NC(=O)c2cc(C3CC3)ncn2)C1. The number of nitrogens with zero attached hydrogens (tertiary/aromatic N) is 3. The van der Waals surface area contributed by atoms with E-state index in [-0.39, 0.29) is 5.91 Å². The van der Waals surface area contributed by atoms with Crippen LogP contribution in [0.2, 0.25) is 0 Å². The van der Waals surface area contributed by atoms with Crippen molar-refractivity contribution in [2.75, 3.05) is 18.4 Å². The van der Waals surface area contributed by atoms with Gasteiger partial charge in [-0.1, -0.05) is 19.1 Å². The van der Waals surface area contributed by atoms with E-state index in [1.54, 1.807) is 0 Å². The number of aromatic nitrogens is 2. The predicted octanol–water partition coefficient (Wildman–Crippen LogP) is 2.98. The van der Waals surface area contributed by atoms with Crippen LogP contribution in [0.25, 0.3) is 0 Å². The molecule has 2 aliphatic rings. The zero-order valence-corrected chi connectivity index (χ0v) is 14.0. The lowest BCUT2D eigenvalue weighted by Crippen LogP contribution is -2.31. The number of benzene rings is 1. The van der Waals surface area contributed by atoms with E-state index in [0.717, 1.165) is 50.3 Å². The van der Waals surface area contributed by atoms with Crippen LogP contribution < -0.4 is 5.32 Å². The van der Waals surface area contributed by atoms with Gasteiger partial charge in [-0.3, -0.25) is 9.69 Å². The van der Waals surface area contributed by atoms with Crippen LogP contribution >= 0.6 is 0 Å². The summed E-state index contributed by atoms with van der Waals surface area (Å²) in [4.78, 5) is 23.5. The third-order valence-corrected chi connectivity index (χ3v) is 4.96. The number of nitrogens with one attached hydrogen (secondary N) is 1. The van der Waals surface area contributed by atoms with Crippen molar-refractivity contribution in [2.24, 2.45) is 0 Å². The van der Waals surface area contributed by atoms with Crippen LogP contribution in [0.5, 0.6) is 0 Å². The Morgan fingerprint density at radius 3 is 3.00 bits per heavy atom. The number of carbonyl (C=O) groups excluding carboxylic acids is 1. The number of hydrogen-bond donors (Lipinski definition) is 1. The second kappa shape index (κ2) is 6.32. The molecule has 4 rings (SSSR count). The van der Waals surface area contributed by atoms with Gasteiger partial charge in [-0.15, -0.1) is 0 Å². The standard InChI is InChI=1S/C19H22N4O/c1-2-23-9-8-15-14(11-23)4-3-5-16(15)22-19(24)18-10-17(13-6-7-13)20-12-21-18/h3-5,10,12-13H,2,6-9,11H2,1H3,(H,22,24). The van der Waals surface area contributed by atoms with E-state index in [0.29, 0.717) is 11.6 Å². The third-order valence-electron chi connectivity index (χ3n) is 4.96. The Kier molecular flexibility index (Phi) is 4.02. The van der Waals surface area contributed by atoms with Crippen molar-refractivity contribution >= 4 is 11.6 Å². The minimum Gasteiger partial charge on any atom is -0.320 e. The molecule has 1 saturated carbocycles. The fraction of sp³-hybridized carbons (Fsp3) is 0.421. The van der Waals surface area contributed by atoms with Crippen LogP contribution in [-0.2, 0) is 13.0 Å². The maximum atomic E-state index is 12.6. The maximum absolute atomic E-state index is 12.6. The largest absolute Gasteiger partial charge is 0.320 e. The molecule has 2 aromatic rings. The molecule has 1 aromatic carbocycles. The minimum absolute atomic E-state index is 0.148. The first kappa shape index (κ1) is 15.3. The van der Waals surface area contributed by atoms with Crippen LogP contribution in [-0.4, -0.2) is 33.9 Å². The molecule has 124 valence electrons. The van der Waals surface area contributed by atoms with Crippen LogP contribution in [0.1, 0.15) is 53.0 Å². The van der Waals surface area contributed by atoms with Gasteiger partial charge in [-0.25, -0.2) is 9.97 Å². The minimum atomic E-state index is -0.148. The smallest absolute Gasteiger partial charge is 0.274 e. The first-order valence-electron chi connectivity index (χ1n) is 8.71. The van der Waals surface area contributed by atoms with E-state index in [1.165, 1.54) is 17.5 Å². The van der Waals surface area contributed by atoms with Gasteiger partial charge in [0, 0.05) is 30.4 Å². The molecular formula is C19H22N4O. The number of rotatable bonds is 4. The van der Waals surface area contributed by atoms with Crippen molar-refractivity contribution in [3.63, 3.8) is 0 Å². The molecule has 24 heavy (non-hydrogen) atoms. The molecular weight excluding hydrogens is 300 g/mol. The monoisotopic (exact) mass is 322 g/mol. The van der Waals surface area contributed by atoms with Gasteiger partial charge in [0.1, 0.15) is 12.0 Å². The fourth-order valence-electron chi connectivity index (χ4n) is 3.34. The quantitative estimate of drug-likeness (QED) is 0.940. The number of anilines is 1. The summed E-state index contributed by atoms with van der Waals surface area (Å²) in [7, 11) is 0. The number of fused-ring (bicyclic) bond motifs is 1. The molecule has 0 bridgehead atoms. The molecule has 1 N–H and O–H groups in total. The van der Waals surface area contributed by atoms with E-state index in [1.807, 2.05) is 18.2 Å². The summed E-state index contributed by atoms with van der Waals surface area (Å²) in [5.41, 5.74) is 4.92. The molecule has 2 heterocycles. The molecule has 1 amide bonds. The molecule has 1 aromatic heterocycles. The summed E-state index contributed by atoms with van der Waals surface area (Å²) in [6.07, 6.45) is 4.80. The maximum Gasteiger partial charge on any atom is 0.274 e. The van der Waals surface area contributed by atoms with Gasteiger partial charge in [0.2, 0.25) is 0 Å². The van der Waals surface area contributed by atoms with Crippen molar-refractivity contribution in [3.05, 3.63) is 53.1 Å². The van der Waals surface area contributed by atoms with Gasteiger partial charge in [0.05, 0.1) is 0 Å². The van der Waals surface area contributed by atoms with Gasteiger partial charge in [0.15, 0.2) is 0 Å². The lowest BCUT2D eigenvalue weighted by Gasteiger charge is -2.29. The summed E-state index contributed by atoms with van der Waals surface area (Å²) in [6.45, 7) is 5.23. The molecule has 5 heteroatoms. The number of hydrogen-bond acceptors (Lipinski definition) is 4. The Morgan fingerprint density at radius 2 is 2.21 bits per heavy atom. The van der Waals surface area contributed by atoms with Crippen LogP contribution in [0.3, 0.4) is 0 Å². The number of amides is 1. The molecule has 1 aliphatic carbocycles. The van der Waals surface area contributed by atoms with E-state index < -0.39 is 0 Å². The van der Waals surface area contributed by atoms with Gasteiger partial charge >= 0.3 is 0 Å². The van der Waals surface area contributed by atoms with Crippen LogP contribution in [0.4, 0.5) is 5.69 Å². The van der Waals surface area contributed by atoms with Gasteiger partial charge in [0.25, 0.3) is 5.91 Å². The third kappa shape index (κ3) is 3.04. The van der Waals surface area contributed by atoms with E-state index in [2.05, 4.69) is 33.2 Å². The molecule has 0 radical (unpaired) electrons. The number of carbonyl (C=O) groups is 1. The number of likely N-dealkylation sites (N-methyl/N-ethyl adjacent to an activating group) is 1. The van der Waals surface area contributed by atoms with Gasteiger partial charge in [-0.2, -0.15) is 0 Å². The Balaban J connectivity index is 1.55. The highest BCUT2D eigenvalue weighted by atomic mass is 16.1. The summed E-state index contributed by atoms with van der Waals surface area (Å²) in [5.74, 6) is 0.370. The van der Waals surface area contributed by atoms with Gasteiger partial charge < -0.3 is 5.32 Å². The molecule has 0 saturated heterocycles. The van der Waals surface area contributed by atoms with E-state index >= 15 is 0 Å². The second-order valence-corrected chi connectivity index (χ2v) is 6.62. The average Bonchev–Trinajstić information content (AvgIpc) is 3.47. The van der Waals surface area contributed by atoms with E-state index in [9.17, 15) is 4.79 Å². The Bertz CT molecular complexity index is 770. The van der Waals surface area contributed by atoms with E-state index in [4.69, 9.17) is 0 Å². The Hall–Kier alpha value is -2.27. The molecule has 0 atom stereocenters.